The van der Waals surface area contributed by atoms with Gasteiger partial charge >= 0.3 is 0 Å². The highest BCUT2D eigenvalue weighted by Crippen LogP contribution is 2.38. The molecular formula is C14H32N3O6P3. The molecule has 1 aromatic rings. The van der Waals surface area contributed by atoms with Crippen molar-refractivity contribution in [3.63, 3.8) is 0 Å². The van der Waals surface area contributed by atoms with Gasteiger partial charge in [-0.1, -0.05) is 13.8 Å². The predicted octanol–water partition coefficient (Wildman–Crippen LogP) is 3.66. The Morgan fingerprint density at radius 1 is 0.923 bits per heavy atom. The molecule has 1 rings (SSSR count). The van der Waals surface area contributed by atoms with Gasteiger partial charge in [-0.25, -0.2) is 4.52 Å². The van der Waals surface area contributed by atoms with Crippen LogP contribution in [0.15, 0.2) is 0 Å². The molecule has 12 heteroatoms. The standard InChI is InChI=1S/C14H32N3O6P3/c1-7-13-21-17-25(23-14(8-2,18-9-3)19-10-4)15-24-16(20-11-5)26(17)22-12-6/h7-13H2,1-6H3. The van der Waals surface area contributed by atoms with E-state index >= 15 is 0 Å². The van der Waals surface area contributed by atoms with E-state index in [1.807, 2.05) is 41.5 Å². The van der Waals surface area contributed by atoms with Crippen molar-refractivity contribution >= 4 is 24.7 Å². The van der Waals surface area contributed by atoms with E-state index in [1.54, 1.807) is 8.51 Å². The molecule has 2 unspecified atom stereocenters. The van der Waals surface area contributed by atoms with Gasteiger partial charge in [0.2, 0.25) is 16.2 Å². The molecule has 1 heterocycles. The Bertz CT molecular complexity index is 535. The van der Waals surface area contributed by atoms with Crippen molar-refractivity contribution in [1.82, 2.24) is 13.0 Å². The van der Waals surface area contributed by atoms with E-state index in [2.05, 4.69) is 4.51 Å². The highest BCUT2D eigenvalue weighted by molar-refractivity contribution is 7.55. The summed E-state index contributed by atoms with van der Waals surface area (Å²) in [4.78, 5) is 11.6. The van der Waals surface area contributed by atoms with Crippen LogP contribution in [-0.4, -0.2) is 52.0 Å². The summed E-state index contributed by atoms with van der Waals surface area (Å²) in [6.07, 6.45) is 1.39. The lowest BCUT2D eigenvalue weighted by Crippen LogP contribution is -2.42. The van der Waals surface area contributed by atoms with Crippen molar-refractivity contribution in [2.45, 2.75) is 60.4 Å². The predicted molar refractivity (Wildman–Crippen MR) is 105 cm³/mol. The summed E-state index contributed by atoms with van der Waals surface area (Å²) in [5.74, 6) is -1.15. The van der Waals surface area contributed by atoms with Gasteiger partial charge in [0.05, 0.1) is 19.8 Å². The van der Waals surface area contributed by atoms with E-state index in [1.165, 1.54) is 0 Å². The first kappa shape index (κ1) is 24.1. The minimum absolute atomic E-state index is 0.468. The number of nitrogens with zero attached hydrogens (tertiary/aromatic N) is 3. The molecule has 0 radical (unpaired) electrons. The maximum absolute atomic E-state index is 6.22. The van der Waals surface area contributed by atoms with Gasteiger partial charge in [0.15, 0.2) is 8.51 Å². The summed E-state index contributed by atoms with van der Waals surface area (Å²) in [6, 6.07) is 0. The highest BCUT2D eigenvalue weighted by Gasteiger charge is 2.34. The van der Waals surface area contributed by atoms with E-state index in [9.17, 15) is 0 Å². The fraction of sp³-hybridized carbons (Fsp3) is 1.00. The lowest BCUT2D eigenvalue weighted by molar-refractivity contribution is -0.325. The molecule has 0 spiro atoms. The highest BCUT2D eigenvalue weighted by atomic mass is 31.2. The first-order valence-corrected chi connectivity index (χ1v) is 12.2. The first-order chi connectivity index (χ1) is 12.6. The second-order valence-electron chi connectivity index (χ2n) is 4.85. The van der Waals surface area contributed by atoms with Crippen molar-refractivity contribution in [2.75, 3.05) is 33.0 Å². The fourth-order valence-electron chi connectivity index (χ4n) is 1.92. The molecule has 0 saturated carbocycles. The number of rotatable bonds is 14. The third kappa shape index (κ3) is 6.90. The average molecular weight is 431 g/mol. The molecule has 0 bridgehead atoms. The van der Waals surface area contributed by atoms with Crippen LogP contribution in [0, 0.1) is 0 Å². The van der Waals surface area contributed by atoms with Gasteiger partial charge in [-0.3, -0.25) is 9.68 Å². The smallest absolute Gasteiger partial charge is 0.292 e. The summed E-state index contributed by atoms with van der Waals surface area (Å²) in [6.45, 7) is 14.2. The number of ether oxygens (including phenoxy) is 2. The van der Waals surface area contributed by atoms with Gasteiger partial charge in [-0.05, 0) is 34.1 Å². The van der Waals surface area contributed by atoms with Crippen LogP contribution in [0.5, 0.6) is 0 Å². The van der Waals surface area contributed by atoms with E-state index in [0.717, 1.165) is 6.42 Å². The van der Waals surface area contributed by atoms with Gasteiger partial charge in [0, 0.05) is 19.6 Å². The molecule has 0 aliphatic carbocycles. The second kappa shape index (κ2) is 13.3. The number of aromatic nitrogens is 3. The zero-order chi connectivity index (χ0) is 19.4. The van der Waals surface area contributed by atoms with Crippen LogP contribution in [0.2, 0.25) is 0 Å². The van der Waals surface area contributed by atoms with Crippen molar-refractivity contribution < 1.29 is 28.2 Å². The molecule has 1 aromatic heterocycles. The monoisotopic (exact) mass is 431 g/mol. The van der Waals surface area contributed by atoms with Gasteiger partial charge in [-0.2, -0.15) is 0 Å². The molecule has 0 amide bonds. The number of hydrogen-bond acceptors (Lipinski definition) is 7. The summed E-state index contributed by atoms with van der Waals surface area (Å²) >= 11 is 0. The summed E-state index contributed by atoms with van der Waals surface area (Å²) in [5, 5.41) is 0. The molecule has 26 heavy (non-hydrogen) atoms. The van der Waals surface area contributed by atoms with Crippen molar-refractivity contribution in [3.05, 3.63) is 0 Å². The fourth-order valence-corrected chi connectivity index (χ4v) is 7.23. The molecule has 0 saturated heterocycles. The lowest BCUT2D eigenvalue weighted by atomic mass is 10.4. The Kier molecular flexibility index (Phi) is 12.3. The lowest BCUT2D eigenvalue weighted by Gasteiger charge is -2.31. The van der Waals surface area contributed by atoms with Crippen LogP contribution < -0.4 is 18.7 Å². The van der Waals surface area contributed by atoms with Gasteiger partial charge in [-0.15, -0.1) is 13.0 Å². The van der Waals surface area contributed by atoms with Gasteiger partial charge in [0.1, 0.15) is 0 Å². The van der Waals surface area contributed by atoms with Gasteiger partial charge in [0.25, 0.3) is 5.97 Å². The molecule has 9 nitrogen and oxygen atoms in total. The van der Waals surface area contributed by atoms with Crippen molar-refractivity contribution in [3.8, 4) is 0 Å². The van der Waals surface area contributed by atoms with E-state index in [4.69, 9.17) is 28.2 Å². The first-order valence-electron chi connectivity index (χ1n) is 9.08. The Morgan fingerprint density at radius 3 is 2.12 bits per heavy atom. The Hall–Kier alpha value is 0.0600. The number of hydrogen-bond donors (Lipinski definition) is 0. The van der Waals surface area contributed by atoms with Crippen LogP contribution in [0.1, 0.15) is 54.4 Å². The average Bonchev–Trinajstić information content (AvgIpc) is 2.63. The quantitative estimate of drug-likeness (QED) is 0.416. The van der Waals surface area contributed by atoms with Crippen LogP contribution in [0.4, 0.5) is 0 Å². The van der Waals surface area contributed by atoms with E-state index < -0.39 is 22.1 Å². The van der Waals surface area contributed by atoms with E-state index in [-0.39, 0.29) is 0 Å². The Labute approximate surface area is 159 Å². The van der Waals surface area contributed by atoms with Crippen LogP contribution in [-0.2, 0) is 9.47 Å². The SMILES string of the molecule is CCCOn1p(OC(CC)(OCC)OCC)npn(OCC)p1OCC. The summed E-state index contributed by atoms with van der Waals surface area (Å²) in [7, 11) is -2.20. The van der Waals surface area contributed by atoms with E-state index in [0.29, 0.717) is 48.0 Å². The van der Waals surface area contributed by atoms with Crippen molar-refractivity contribution in [1.29, 1.82) is 0 Å². The zero-order valence-electron chi connectivity index (χ0n) is 16.6. The minimum Gasteiger partial charge on any atom is -0.327 e. The summed E-state index contributed by atoms with van der Waals surface area (Å²) < 4.78 is 31.7. The Morgan fingerprint density at radius 2 is 1.62 bits per heavy atom. The largest absolute Gasteiger partial charge is 0.327 e. The maximum Gasteiger partial charge on any atom is 0.292 e. The third-order valence-corrected chi connectivity index (χ3v) is 7.89. The second-order valence-corrected chi connectivity index (χ2v) is 9.28. The van der Waals surface area contributed by atoms with Crippen molar-refractivity contribution in [2.24, 2.45) is 0 Å². The normalized spacial score (nSPS) is 13.6. The van der Waals surface area contributed by atoms with Gasteiger partial charge < -0.3 is 14.0 Å². The Balaban J connectivity index is 3.35. The molecule has 0 N–H and O–H groups in total. The van der Waals surface area contributed by atoms with Crippen LogP contribution in [0.25, 0.3) is 0 Å². The maximum atomic E-state index is 6.22. The molecule has 154 valence electrons. The molecular weight excluding hydrogens is 399 g/mol. The zero-order valence-corrected chi connectivity index (χ0v) is 19.3. The van der Waals surface area contributed by atoms with Crippen LogP contribution in [0.3, 0.4) is 0 Å². The third-order valence-electron chi connectivity index (χ3n) is 2.91. The molecule has 0 fully saturated rings. The molecule has 0 aliphatic heterocycles. The molecule has 2 atom stereocenters. The minimum atomic E-state index is -1.50. The van der Waals surface area contributed by atoms with Crippen LogP contribution >= 0.6 is 24.7 Å². The molecule has 0 aliphatic rings. The summed E-state index contributed by atoms with van der Waals surface area (Å²) in [5.41, 5.74) is 0. The topological polar surface area (TPSA) is 78.1 Å². The molecule has 0 aromatic carbocycles.